The van der Waals surface area contributed by atoms with Gasteiger partial charge < -0.3 is 14.6 Å². The summed E-state index contributed by atoms with van der Waals surface area (Å²) in [6.45, 7) is 1.20. The molecule has 7 heteroatoms. The number of aromatic nitrogens is 1. The standard InChI is InChI=1S/C24H20F2N2O2S/c1-30-13-18-22-19(26)3-2-4-21(22)31-23(18)24(29)28-9-7-14(8-10-28)17-12-27-20-11-15(25)5-6-16(17)20/h2-7,11-12,27H,8-10,13H2,1H3. The zero-order valence-corrected chi connectivity index (χ0v) is 17.7. The van der Waals surface area contributed by atoms with E-state index in [-0.39, 0.29) is 24.1 Å². The summed E-state index contributed by atoms with van der Waals surface area (Å²) in [5.41, 5.74) is 3.53. The summed E-state index contributed by atoms with van der Waals surface area (Å²) in [6.07, 6.45) is 4.62. The first kappa shape index (κ1) is 19.9. The van der Waals surface area contributed by atoms with Crippen molar-refractivity contribution in [2.45, 2.75) is 13.0 Å². The van der Waals surface area contributed by atoms with Crippen molar-refractivity contribution in [3.8, 4) is 0 Å². The van der Waals surface area contributed by atoms with Crippen molar-refractivity contribution >= 4 is 43.8 Å². The minimum Gasteiger partial charge on any atom is -0.380 e. The van der Waals surface area contributed by atoms with E-state index in [4.69, 9.17) is 4.74 Å². The van der Waals surface area contributed by atoms with E-state index in [2.05, 4.69) is 4.98 Å². The molecule has 2 aromatic heterocycles. The van der Waals surface area contributed by atoms with Crippen LogP contribution in [0.4, 0.5) is 8.78 Å². The Hall–Kier alpha value is -3.03. The number of rotatable bonds is 4. The molecular formula is C24H20F2N2O2S. The molecule has 5 rings (SSSR count). The van der Waals surface area contributed by atoms with Crippen LogP contribution in [-0.2, 0) is 11.3 Å². The number of fused-ring (bicyclic) bond motifs is 2. The molecule has 0 spiro atoms. The van der Waals surface area contributed by atoms with Gasteiger partial charge in [0.25, 0.3) is 5.91 Å². The fourth-order valence-electron chi connectivity index (χ4n) is 4.23. The van der Waals surface area contributed by atoms with E-state index in [1.807, 2.05) is 18.3 Å². The molecule has 0 saturated heterocycles. The number of nitrogens with one attached hydrogen (secondary N) is 1. The second-order valence-electron chi connectivity index (χ2n) is 7.58. The summed E-state index contributed by atoms with van der Waals surface area (Å²) in [5.74, 6) is -0.720. The Morgan fingerprint density at radius 3 is 2.90 bits per heavy atom. The Labute approximate surface area is 181 Å². The molecule has 1 amide bonds. The summed E-state index contributed by atoms with van der Waals surface area (Å²) >= 11 is 1.31. The molecule has 3 heterocycles. The number of thiophene rings is 1. The third-order valence-electron chi connectivity index (χ3n) is 5.73. The maximum absolute atomic E-state index is 14.4. The molecule has 0 bridgehead atoms. The van der Waals surface area contributed by atoms with Crippen LogP contribution < -0.4 is 0 Å². The lowest BCUT2D eigenvalue weighted by Crippen LogP contribution is -2.34. The number of hydrogen-bond acceptors (Lipinski definition) is 3. The second kappa shape index (κ2) is 7.90. The maximum atomic E-state index is 14.4. The van der Waals surface area contributed by atoms with Gasteiger partial charge in [0, 0.05) is 58.5 Å². The van der Waals surface area contributed by atoms with Crippen molar-refractivity contribution in [1.29, 1.82) is 0 Å². The van der Waals surface area contributed by atoms with Gasteiger partial charge in [-0.2, -0.15) is 0 Å². The number of benzene rings is 2. The topological polar surface area (TPSA) is 45.3 Å². The molecule has 1 N–H and O–H groups in total. The van der Waals surface area contributed by atoms with E-state index in [1.54, 1.807) is 24.1 Å². The lowest BCUT2D eigenvalue weighted by Gasteiger charge is -2.26. The fourth-order valence-corrected chi connectivity index (χ4v) is 5.42. The Bertz CT molecular complexity index is 1340. The summed E-state index contributed by atoms with van der Waals surface area (Å²) in [4.78, 5) is 18.7. The van der Waals surface area contributed by atoms with Gasteiger partial charge in [0.15, 0.2) is 0 Å². The number of ether oxygens (including phenoxy) is 1. The van der Waals surface area contributed by atoms with Gasteiger partial charge in [-0.1, -0.05) is 12.1 Å². The zero-order chi connectivity index (χ0) is 21.5. The van der Waals surface area contributed by atoms with E-state index >= 15 is 0 Å². The van der Waals surface area contributed by atoms with Crippen LogP contribution in [0.15, 0.2) is 48.7 Å². The average molecular weight is 438 g/mol. The molecule has 0 aliphatic carbocycles. The SMILES string of the molecule is COCc1c(C(=O)N2CC=C(c3c[nH]c4cc(F)ccc34)CC2)sc2cccc(F)c12. The molecule has 31 heavy (non-hydrogen) atoms. The van der Waals surface area contributed by atoms with Gasteiger partial charge in [-0.3, -0.25) is 4.79 Å². The lowest BCUT2D eigenvalue weighted by atomic mass is 9.98. The number of methoxy groups -OCH3 is 1. The molecule has 0 saturated carbocycles. The van der Waals surface area contributed by atoms with Crippen molar-refractivity contribution in [3.63, 3.8) is 0 Å². The predicted molar refractivity (Wildman–Crippen MR) is 119 cm³/mol. The van der Waals surface area contributed by atoms with E-state index in [9.17, 15) is 13.6 Å². The summed E-state index contributed by atoms with van der Waals surface area (Å²) in [7, 11) is 1.54. The lowest BCUT2D eigenvalue weighted by molar-refractivity contribution is 0.0773. The molecule has 158 valence electrons. The minimum absolute atomic E-state index is 0.107. The van der Waals surface area contributed by atoms with Gasteiger partial charge in [0.2, 0.25) is 0 Å². The largest absolute Gasteiger partial charge is 0.380 e. The zero-order valence-electron chi connectivity index (χ0n) is 16.9. The molecular weight excluding hydrogens is 418 g/mol. The molecule has 0 atom stereocenters. The Balaban J connectivity index is 1.44. The van der Waals surface area contributed by atoms with Crippen LogP contribution in [0.3, 0.4) is 0 Å². The first-order valence-corrected chi connectivity index (χ1v) is 10.8. The third kappa shape index (κ3) is 3.43. The number of aromatic amines is 1. The van der Waals surface area contributed by atoms with Gasteiger partial charge in [-0.15, -0.1) is 11.3 Å². The molecule has 0 unspecified atom stereocenters. The van der Waals surface area contributed by atoms with Crippen LogP contribution in [0.1, 0.15) is 27.2 Å². The highest BCUT2D eigenvalue weighted by Crippen LogP contribution is 2.36. The molecule has 0 fully saturated rings. The van der Waals surface area contributed by atoms with Crippen LogP contribution in [0, 0.1) is 11.6 Å². The molecule has 0 radical (unpaired) electrons. The minimum atomic E-state index is -0.337. The first-order valence-electron chi connectivity index (χ1n) is 10.0. The normalized spacial score (nSPS) is 14.4. The number of carbonyl (C=O) groups excluding carboxylic acids is 1. The first-order chi connectivity index (χ1) is 15.1. The number of hydrogen-bond donors (Lipinski definition) is 1. The van der Waals surface area contributed by atoms with Crippen molar-refractivity contribution in [3.05, 3.63) is 76.3 Å². The molecule has 1 aliphatic rings. The number of amides is 1. The van der Waals surface area contributed by atoms with Gasteiger partial charge in [-0.25, -0.2) is 8.78 Å². The molecule has 4 nitrogen and oxygen atoms in total. The predicted octanol–water partition coefficient (Wildman–Crippen LogP) is 5.74. The molecule has 2 aromatic carbocycles. The third-order valence-corrected chi connectivity index (χ3v) is 6.92. The highest BCUT2D eigenvalue weighted by Gasteiger charge is 2.26. The van der Waals surface area contributed by atoms with E-state index in [1.165, 1.54) is 29.5 Å². The van der Waals surface area contributed by atoms with Crippen LogP contribution in [-0.4, -0.2) is 36.0 Å². The highest BCUT2D eigenvalue weighted by atomic mass is 32.1. The van der Waals surface area contributed by atoms with Gasteiger partial charge in [-0.05, 0) is 42.3 Å². The van der Waals surface area contributed by atoms with E-state index in [0.717, 1.165) is 26.7 Å². The monoisotopic (exact) mass is 438 g/mol. The maximum Gasteiger partial charge on any atom is 0.264 e. The molecule has 4 aromatic rings. The van der Waals surface area contributed by atoms with Crippen molar-refractivity contribution < 1.29 is 18.3 Å². The number of nitrogens with zero attached hydrogens (tertiary/aromatic N) is 1. The molecule has 1 aliphatic heterocycles. The van der Waals surface area contributed by atoms with Crippen LogP contribution in [0.5, 0.6) is 0 Å². The van der Waals surface area contributed by atoms with Crippen molar-refractivity contribution in [2.24, 2.45) is 0 Å². The smallest absolute Gasteiger partial charge is 0.264 e. The Morgan fingerprint density at radius 2 is 2.13 bits per heavy atom. The average Bonchev–Trinajstić information content (AvgIpc) is 3.36. The Kier molecular flexibility index (Phi) is 5.08. The summed E-state index contributed by atoms with van der Waals surface area (Å²) in [5, 5.41) is 1.44. The number of halogens is 2. The quantitative estimate of drug-likeness (QED) is 0.442. The fraction of sp³-hybridized carbons (Fsp3) is 0.208. The van der Waals surface area contributed by atoms with Crippen LogP contribution >= 0.6 is 11.3 Å². The van der Waals surface area contributed by atoms with Crippen molar-refractivity contribution in [1.82, 2.24) is 9.88 Å². The highest BCUT2D eigenvalue weighted by molar-refractivity contribution is 7.21. The van der Waals surface area contributed by atoms with Crippen LogP contribution in [0.25, 0.3) is 26.6 Å². The number of H-pyrrole nitrogens is 1. The van der Waals surface area contributed by atoms with Gasteiger partial charge in [0.1, 0.15) is 11.6 Å². The van der Waals surface area contributed by atoms with Crippen LogP contribution in [0.2, 0.25) is 0 Å². The summed E-state index contributed by atoms with van der Waals surface area (Å²) < 4.78 is 33.9. The second-order valence-corrected chi connectivity index (χ2v) is 8.63. The Morgan fingerprint density at radius 1 is 1.26 bits per heavy atom. The number of carbonyl (C=O) groups is 1. The van der Waals surface area contributed by atoms with E-state index < -0.39 is 0 Å². The van der Waals surface area contributed by atoms with Gasteiger partial charge >= 0.3 is 0 Å². The van der Waals surface area contributed by atoms with E-state index in [0.29, 0.717) is 35.3 Å². The van der Waals surface area contributed by atoms with Crippen molar-refractivity contribution in [2.75, 3.05) is 20.2 Å². The van der Waals surface area contributed by atoms with Gasteiger partial charge in [0.05, 0.1) is 11.5 Å². The summed E-state index contributed by atoms with van der Waals surface area (Å²) in [6, 6.07) is 9.60.